The number of rotatable bonds is 6. The van der Waals surface area contributed by atoms with E-state index in [2.05, 4.69) is 0 Å². The molecule has 1 aromatic heterocycles. The third-order valence-electron chi connectivity index (χ3n) is 7.15. The minimum atomic E-state index is -1.71. The van der Waals surface area contributed by atoms with Crippen molar-refractivity contribution < 1.29 is 69.3 Å². The molecular formula is C27H30O15. The lowest BCUT2D eigenvalue weighted by molar-refractivity contribution is -0.307. The zero-order chi connectivity index (χ0) is 30.5. The number of aromatic hydroxyl groups is 4. The average molecular weight is 595 g/mol. The van der Waals surface area contributed by atoms with E-state index >= 15 is 0 Å². The topological polar surface area (TPSA) is 249 Å². The molecule has 2 aliphatic rings. The Hall–Kier alpha value is -3.67. The first kappa shape index (κ1) is 29.8. The van der Waals surface area contributed by atoms with Crippen molar-refractivity contribution in [3.8, 4) is 40.1 Å². The van der Waals surface area contributed by atoms with Crippen molar-refractivity contribution in [3.63, 3.8) is 0 Å². The second-order valence-electron chi connectivity index (χ2n) is 10.2. The third kappa shape index (κ3) is 5.56. The lowest BCUT2D eigenvalue weighted by atomic mass is 10.00. The van der Waals surface area contributed by atoms with Crippen LogP contribution in [0.3, 0.4) is 0 Å². The molecule has 2 aliphatic heterocycles. The Kier molecular flexibility index (Phi) is 8.19. The number of aliphatic hydroxyl groups excluding tert-OH is 5. The maximum Gasteiger partial charge on any atom is 0.239 e. The van der Waals surface area contributed by atoms with E-state index in [4.69, 9.17) is 23.4 Å². The van der Waals surface area contributed by atoms with Crippen LogP contribution in [0.1, 0.15) is 13.3 Å². The van der Waals surface area contributed by atoms with Gasteiger partial charge in [0.2, 0.25) is 17.5 Å². The van der Waals surface area contributed by atoms with E-state index < -0.39 is 94.9 Å². The van der Waals surface area contributed by atoms with Gasteiger partial charge < -0.3 is 69.3 Å². The first-order valence-electron chi connectivity index (χ1n) is 12.9. The first-order chi connectivity index (χ1) is 19.8. The lowest BCUT2D eigenvalue weighted by Crippen LogP contribution is -2.58. The van der Waals surface area contributed by atoms with Gasteiger partial charge in [0.25, 0.3) is 0 Å². The SMILES string of the molecule is CC1OC(OCC2CC(O)C(O)C(Oc3c(-c4ccc(O)c(O)c4)oc4cc(O)cc(O)c4c3=O)O2)C(O)C(O)C1O. The fourth-order valence-electron chi connectivity index (χ4n) is 4.82. The number of aliphatic hydroxyl groups is 5. The largest absolute Gasteiger partial charge is 0.508 e. The van der Waals surface area contributed by atoms with E-state index in [-0.39, 0.29) is 29.9 Å². The number of fused-ring (bicyclic) bond motifs is 1. The zero-order valence-corrected chi connectivity index (χ0v) is 22.0. The Labute approximate surface area is 236 Å². The van der Waals surface area contributed by atoms with E-state index in [1.807, 2.05) is 0 Å². The van der Waals surface area contributed by atoms with E-state index in [9.17, 15) is 50.8 Å². The summed E-state index contributed by atoms with van der Waals surface area (Å²) < 4.78 is 28.2. The average Bonchev–Trinajstić information content (AvgIpc) is 2.93. The summed E-state index contributed by atoms with van der Waals surface area (Å²) in [4.78, 5) is 13.6. The minimum absolute atomic E-state index is 0.0196. The maximum absolute atomic E-state index is 13.6. The quantitative estimate of drug-likeness (QED) is 0.161. The van der Waals surface area contributed by atoms with Crippen molar-refractivity contribution in [2.45, 2.75) is 68.7 Å². The van der Waals surface area contributed by atoms with Crippen molar-refractivity contribution in [3.05, 3.63) is 40.6 Å². The molecule has 9 atom stereocenters. The summed E-state index contributed by atoms with van der Waals surface area (Å²) >= 11 is 0. The number of benzene rings is 2. The molecule has 9 N–H and O–H groups in total. The van der Waals surface area contributed by atoms with Gasteiger partial charge in [-0.05, 0) is 25.1 Å². The molecule has 2 saturated heterocycles. The van der Waals surface area contributed by atoms with Crippen LogP contribution in [0.4, 0.5) is 0 Å². The number of hydrogen-bond donors (Lipinski definition) is 9. The smallest absolute Gasteiger partial charge is 0.239 e. The van der Waals surface area contributed by atoms with E-state index in [0.717, 1.165) is 24.3 Å². The van der Waals surface area contributed by atoms with Gasteiger partial charge in [-0.1, -0.05) is 0 Å². The Bertz CT molecular complexity index is 1510. The molecule has 2 aromatic carbocycles. The molecule has 0 spiro atoms. The molecule has 9 unspecified atom stereocenters. The van der Waals surface area contributed by atoms with Gasteiger partial charge in [0.15, 0.2) is 23.5 Å². The monoisotopic (exact) mass is 594 g/mol. The summed E-state index contributed by atoms with van der Waals surface area (Å²) in [5.41, 5.74) is -1.19. The van der Waals surface area contributed by atoms with Crippen molar-refractivity contribution in [1.29, 1.82) is 0 Å². The van der Waals surface area contributed by atoms with Gasteiger partial charge in [0.1, 0.15) is 46.9 Å². The summed E-state index contributed by atoms with van der Waals surface area (Å²) in [6.45, 7) is 1.13. The van der Waals surface area contributed by atoms with Gasteiger partial charge in [0.05, 0.1) is 24.9 Å². The van der Waals surface area contributed by atoms with Crippen LogP contribution in [-0.2, 0) is 14.2 Å². The van der Waals surface area contributed by atoms with Crippen LogP contribution in [-0.4, -0.2) is 108 Å². The molecule has 3 aromatic rings. The van der Waals surface area contributed by atoms with E-state index in [1.54, 1.807) is 0 Å². The molecular weight excluding hydrogens is 564 g/mol. The van der Waals surface area contributed by atoms with Crippen LogP contribution in [0, 0.1) is 0 Å². The van der Waals surface area contributed by atoms with Crippen molar-refractivity contribution in [2.24, 2.45) is 0 Å². The van der Waals surface area contributed by atoms with Gasteiger partial charge >= 0.3 is 0 Å². The molecule has 15 heteroatoms. The normalized spacial score (nSPS) is 31.7. The van der Waals surface area contributed by atoms with Crippen LogP contribution in [0.25, 0.3) is 22.3 Å². The molecule has 0 radical (unpaired) electrons. The fourth-order valence-corrected chi connectivity index (χ4v) is 4.82. The Morgan fingerprint density at radius 1 is 0.833 bits per heavy atom. The first-order valence-corrected chi connectivity index (χ1v) is 12.9. The molecule has 0 amide bonds. The van der Waals surface area contributed by atoms with Gasteiger partial charge in [-0.15, -0.1) is 0 Å². The highest BCUT2D eigenvalue weighted by atomic mass is 16.7. The number of phenols is 4. The van der Waals surface area contributed by atoms with E-state index in [1.165, 1.54) is 13.0 Å². The molecule has 15 nitrogen and oxygen atoms in total. The summed E-state index contributed by atoms with van der Waals surface area (Å²) in [6, 6.07) is 5.41. The minimum Gasteiger partial charge on any atom is -0.508 e. The van der Waals surface area contributed by atoms with Crippen LogP contribution < -0.4 is 10.2 Å². The third-order valence-corrected chi connectivity index (χ3v) is 7.15. The van der Waals surface area contributed by atoms with Gasteiger partial charge in [0, 0.05) is 24.1 Å². The summed E-state index contributed by atoms with van der Waals surface area (Å²) in [7, 11) is 0. The highest BCUT2D eigenvalue weighted by Gasteiger charge is 2.44. The van der Waals surface area contributed by atoms with Crippen LogP contribution >= 0.6 is 0 Å². The Morgan fingerprint density at radius 3 is 2.29 bits per heavy atom. The van der Waals surface area contributed by atoms with Crippen molar-refractivity contribution in [2.75, 3.05) is 6.61 Å². The second-order valence-corrected chi connectivity index (χ2v) is 10.2. The molecule has 42 heavy (non-hydrogen) atoms. The molecule has 0 saturated carbocycles. The molecule has 5 rings (SSSR count). The summed E-state index contributed by atoms with van der Waals surface area (Å²) in [5.74, 6) is -3.05. The summed E-state index contributed by atoms with van der Waals surface area (Å²) in [5, 5.41) is 90.9. The highest BCUT2D eigenvalue weighted by Crippen LogP contribution is 2.39. The van der Waals surface area contributed by atoms with Crippen molar-refractivity contribution in [1.82, 2.24) is 0 Å². The molecule has 2 fully saturated rings. The van der Waals surface area contributed by atoms with Gasteiger partial charge in [-0.3, -0.25) is 4.79 Å². The maximum atomic E-state index is 13.6. The Morgan fingerprint density at radius 2 is 1.57 bits per heavy atom. The van der Waals surface area contributed by atoms with Crippen LogP contribution in [0.2, 0.25) is 0 Å². The molecule has 3 heterocycles. The Balaban J connectivity index is 1.45. The van der Waals surface area contributed by atoms with Gasteiger partial charge in [-0.2, -0.15) is 0 Å². The summed E-state index contributed by atoms with van der Waals surface area (Å²) in [6.07, 6.45) is -12.7. The zero-order valence-electron chi connectivity index (χ0n) is 22.0. The van der Waals surface area contributed by atoms with E-state index in [0.29, 0.717) is 0 Å². The fraction of sp³-hybridized carbons (Fsp3) is 0.444. The molecule has 228 valence electrons. The number of ether oxygens (including phenoxy) is 4. The predicted octanol–water partition coefficient (Wildman–Crippen LogP) is -0.658. The van der Waals surface area contributed by atoms with Crippen LogP contribution in [0.5, 0.6) is 28.7 Å². The molecule has 0 bridgehead atoms. The predicted molar refractivity (Wildman–Crippen MR) is 139 cm³/mol. The highest BCUT2D eigenvalue weighted by molar-refractivity contribution is 5.88. The standard InChI is InChI=1S/C27H30O15/c1-9-19(33)22(36)23(37)26(39-9)38-8-12-7-16(32)20(34)27(40-12)42-25-21(35)18-15(31)5-11(28)6-17(18)41-24(25)10-2-3-13(29)14(30)4-10/h2-6,9,12,16,19-20,22-23,26-34,36-37H,7-8H2,1H3. The number of phenolic OH excluding ortho intramolecular Hbond substituents is 4. The lowest BCUT2D eigenvalue weighted by Gasteiger charge is -2.40. The molecule has 0 aliphatic carbocycles. The van der Waals surface area contributed by atoms with Gasteiger partial charge in [-0.25, -0.2) is 0 Å². The van der Waals surface area contributed by atoms with Crippen LogP contribution in [0.15, 0.2) is 39.5 Å². The second kappa shape index (κ2) is 11.5. The van der Waals surface area contributed by atoms with Crippen molar-refractivity contribution >= 4 is 11.0 Å². The number of hydrogen-bond acceptors (Lipinski definition) is 15.